The Morgan fingerprint density at radius 3 is 1.71 bits per heavy atom. The van der Waals surface area contributed by atoms with Gasteiger partial charge in [-0.25, -0.2) is 9.98 Å². The Bertz CT molecular complexity index is 2450. The second-order valence-electron chi connectivity index (χ2n) is 13.8. The summed E-state index contributed by atoms with van der Waals surface area (Å²) in [4.78, 5) is 15.0. The number of pyridine rings is 1. The Morgan fingerprint density at radius 2 is 1.00 bits per heavy atom. The van der Waals surface area contributed by atoms with Crippen LogP contribution in [0.25, 0.3) is 44.5 Å². The molecule has 0 radical (unpaired) electrons. The molecule has 0 amide bonds. The molecular formula is C47H36N4. The number of aromatic nitrogens is 1. The van der Waals surface area contributed by atoms with Crippen molar-refractivity contribution in [3.63, 3.8) is 0 Å². The van der Waals surface area contributed by atoms with Gasteiger partial charge < -0.3 is 5.32 Å². The molecule has 0 bridgehead atoms. The topological polar surface area (TPSA) is 49.6 Å². The van der Waals surface area contributed by atoms with E-state index in [0.717, 1.165) is 50.6 Å². The van der Waals surface area contributed by atoms with E-state index in [2.05, 4.69) is 152 Å². The maximum atomic E-state index is 5.28. The van der Waals surface area contributed by atoms with E-state index in [-0.39, 0.29) is 5.41 Å². The number of nitrogens with zero attached hydrogens (tertiary/aromatic N) is 3. The van der Waals surface area contributed by atoms with E-state index in [1.165, 1.54) is 33.4 Å². The quantitative estimate of drug-likeness (QED) is 0.194. The number of amidine groups is 2. The van der Waals surface area contributed by atoms with Gasteiger partial charge in [-0.3, -0.25) is 4.98 Å². The van der Waals surface area contributed by atoms with Crippen LogP contribution in [0.15, 0.2) is 180 Å². The number of hydrogen-bond acceptors (Lipinski definition) is 4. The molecule has 0 spiro atoms. The fourth-order valence-electron chi connectivity index (χ4n) is 7.51. The Kier molecular flexibility index (Phi) is 7.51. The molecule has 1 N–H and O–H groups in total. The first-order valence-corrected chi connectivity index (χ1v) is 17.5. The Labute approximate surface area is 299 Å². The van der Waals surface area contributed by atoms with Crippen molar-refractivity contribution in [2.75, 3.05) is 0 Å². The molecule has 0 saturated heterocycles. The van der Waals surface area contributed by atoms with E-state index in [9.17, 15) is 0 Å². The van der Waals surface area contributed by atoms with E-state index in [1.54, 1.807) is 0 Å². The fraction of sp³-hybridized carbons (Fsp3) is 0.0851. The summed E-state index contributed by atoms with van der Waals surface area (Å²) in [6, 6.07) is 55.9. The van der Waals surface area contributed by atoms with Crippen molar-refractivity contribution in [3.8, 4) is 44.5 Å². The highest BCUT2D eigenvalue weighted by Gasteiger charge is 2.35. The average Bonchev–Trinajstić information content (AvgIpc) is 3.44. The first kappa shape index (κ1) is 30.7. The summed E-state index contributed by atoms with van der Waals surface area (Å²) in [5.41, 5.74) is 15.1. The molecule has 4 nitrogen and oxygen atoms in total. The van der Waals surface area contributed by atoms with Gasteiger partial charge >= 0.3 is 0 Å². The third kappa shape index (κ3) is 5.65. The standard InChI is InChI=1S/C47H36N4/c1-47(2)42-18-10-9-17-40(42)41-29-35(23-24-43(41)47)37-26-38(36-16-11-25-48-30-36)28-39(27-37)46-50-44(33-14-7-4-8-15-33)49-45(51-46)34-21-19-32(20-22-34)31-12-5-3-6-13-31/h3-30,46H,1-2H3,(H,49,50,51). The number of aliphatic imine (C=N–C) groups is 2. The number of rotatable bonds is 6. The minimum atomic E-state index is -0.463. The van der Waals surface area contributed by atoms with Gasteiger partial charge in [-0.1, -0.05) is 141 Å². The highest BCUT2D eigenvalue weighted by Crippen LogP contribution is 2.49. The molecule has 6 aromatic carbocycles. The smallest absolute Gasteiger partial charge is 0.169 e. The summed E-state index contributed by atoms with van der Waals surface area (Å²) in [6.07, 6.45) is 3.28. The molecule has 9 rings (SSSR count). The van der Waals surface area contributed by atoms with Gasteiger partial charge in [0, 0.05) is 34.5 Å². The van der Waals surface area contributed by atoms with Crippen LogP contribution in [-0.2, 0) is 5.41 Å². The van der Waals surface area contributed by atoms with Crippen molar-refractivity contribution in [2.45, 2.75) is 25.4 Å². The zero-order chi connectivity index (χ0) is 34.4. The van der Waals surface area contributed by atoms with Crippen molar-refractivity contribution in [1.82, 2.24) is 10.3 Å². The van der Waals surface area contributed by atoms with Crippen molar-refractivity contribution in [2.24, 2.45) is 9.98 Å². The summed E-state index contributed by atoms with van der Waals surface area (Å²) in [7, 11) is 0. The molecule has 1 aromatic heterocycles. The van der Waals surface area contributed by atoms with Gasteiger partial charge in [0.25, 0.3) is 0 Å². The largest absolute Gasteiger partial charge is 0.324 e. The van der Waals surface area contributed by atoms with Crippen LogP contribution in [0.1, 0.15) is 47.8 Å². The number of hydrogen-bond donors (Lipinski definition) is 1. The molecular weight excluding hydrogens is 621 g/mol. The fourth-order valence-corrected chi connectivity index (χ4v) is 7.51. The van der Waals surface area contributed by atoms with Crippen LogP contribution in [0.2, 0.25) is 0 Å². The third-order valence-corrected chi connectivity index (χ3v) is 10.2. The lowest BCUT2D eigenvalue weighted by atomic mass is 9.82. The monoisotopic (exact) mass is 656 g/mol. The first-order valence-electron chi connectivity index (χ1n) is 17.5. The second kappa shape index (κ2) is 12.5. The predicted molar refractivity (Wildman–Crippen MR) is 210 cm³/mol. The summed E-state index contributed by atoms with van der Waals surface area (Å²) in [5, 5.41) is 3.57. The van der Waals surface area contributed by atoms with Gasteiger partial charge in [0.05, 0.1) is 0 Å². The van der Waals surface area contributed by atoms with Crippen molar-refractivity contribution in [3.05, 3.63) is 198 Å². The molecule has 2 aliphatic rings. The van der Waals surface area contributed by atoms with Crippen LogP contribution in [0, 0.1) is 0 Å². The van der Waals surface area contributed by atoms with E-state index in [1.807, 2.05) is 42.7 Å². The third-order valence-electron chi connectivity index (χ3n) is 10.2. The summed E-state index contributed by atoms with van der Waals surface area (Å²) in [5.74, 6) is 1.58. The lowest BCUT2D eigenvalue weighted by Gasteiger charge is -2.23. The van der Waals surface area contributed by atoms with E-state index < -0.39 is 6.17 Å². The van der Waals surface area contributed by atoms with E-state index in [4.69, 9.17) is 9.98 Å². The van der Waals surface area contributed by atoms with Gasteiger partial charge in [0.2, 0.25) is 0 Å². The van der Waals surface area contributed by atoms with Gasteiger partial charge in [0.1, 0.15) is 11.7 Å². The van der Waals surface area contributed by atoms with Gasteiger partial charge in [-0.05, 0) is 86.0 Å². The Morgan fingerprint density at radius 1 is 0.451 bits per heavy atom. The highest BCUT2D eigenvalue weighted by atomic mass is 15.2. The predicted octanol–water partition coefficient (Wildman–Crippen LogP) is 10.9. The molecule has 2 heterocycles. The highest BCUT2D eigenvalue weighted by molar-refractivity contribution is 6.16. The van der Waals surface area contributed by atoms with Gasteiger partial charge in [-0.15, -0.1) is 0 Å². The van der Waals surface area contributed by atoms with Crippen molar-refractivity contribution >= 4 is 11.7 Å². The average molecular weight is 657 g/mol. The summed E-state index contributed by atoms with van der Waals surface area (Å²) in [6.45, 7) is 4.64. The number of nitrogens with one attached hydrogen (secondary N) is 1. The Hall–Kier alpha value is -6.39. The molecule has 0 fully saturated rings. The Balaban J connectivity index is 1.18. The molecule has 244 valence electrons. The summed E-state index contributed by atoms with van der Waals surface area (Å²) >= 11 is 0. The number of benzene rings is 6. The molecule has 4 heteroatoms. The lowest BCUT2D eigenvalue weighted by molar-refractivity contribution is 0.660. The van der Waals surface area contributed by atoms with Crippen LogP contribution < -0.4 is 5.32 Å². The SMILES string of the molecule is CC1(C)c2ccccc2-c2cc(-c3cc(-c4cccnc4)cc(C4N=C(c5ccccc5)NC(c5ccc(-c6ccccc6)cc5)=N4)c3)ccc21. The zero-order valence-electron chi connectivity index (χ0n) is 28.6. The van der Waals surface area contributed by atoms with Gasteiger partial charge in [0.15, 0.2) is 6.17 Å². The second-order valence-corrected chi connectivity index (χ2v) is 13.8. The molecule has 1 atom stereocenters. The van der Waals surface area contributed by atoms with Crippen LogP contribution in [0.3, 0.4) is 0 Å². The van der Waals surface area contributed by atoms with Crippen LogP contribution in [0.4, 0.5) is 0 Å². The summed E-state index contributed by atoms with van der Waals surface area (Å²) < 4.78 is 0. The number of fused-ring (bicyclic) bond motifs is 3. The maximum absolute atomic E-state index is 5.28. The normalized spacial score (nSPS) is 15.6. The molecule has 1 aliphatic carbocycles. The molecule has 7 aromatic rings. The molecule has 1 aliphatic heterocycles. The van der Waals surface area contributed by atoms with Crippen LogP contribution in [0.5, 0.6) is 0 Å². The zero-order valence-corrected chi connectivity index (χ0v) is 28.6. The van der Waals surface area contributed by atoms with Gasteiger partial charge in [-0.2, -0.15) is 0 Å². The van der Waals surface area contributed by atoms with Crippen LogP contribution in [-0.4, -0.2) is 16.7 Å². The van der Waals surface area contributed by atoms with E-state index >= 15 is 0 Å². The van der Waals surface area contributed by atoms with E-state index in [0.29, 0.717) is 0 Å². The lowest BCUT2D eigenvalue weighted by Crippen LogP contribution is -2.36. The van der Waals surface area contributed by atoms with Crippen molar-refractivity contribution in [1.29, 1.82) is 0 Å². The molecule has 0 saturated carbocycles. The maximum Gasteiger partial charge on any atom is 0.169 e. The van der Waals surface area contributed by atoms with Crippen molar-refractivity contribution < 1.29 is 0 Å². The minimum absolute atomic E-state index is 0.0464. The molecule has 1 unspecified atom stereocenters. The first-order chi connectivity index (χ1) is 25.0. The molecule has 51 heavy (non-hydrogen) atoms. The van der Waals surface area contributed by atoms with Crippen LogP contribution >= 0.6 is 0 Å². The minimum Gasteiger partial charge on any atom is -0.324 e.